The third-order valence-electron chi connectivity index (χ3n) is 6.10. The van der Waals surface area contributed by atoms with E-state index in [9.17, 15) is 9.59 Å². The maximum Gasteiger partial charge on any atom is 0.225 e. The standard InChI is InChI=1S/C22H32N2O2/c1-2-21(25)23-16-12-19(13-17-23)20-10-6-7-14-24(22(20)26)15-11-18-8-4-3-5-9-18/h3-5,8-9,19-20H,2,6-7,10-17H2,1H3/t20-/m0/s1. The van der Waals surface area contributed by atoms with E-state index >= 15 is 0 Å². The summed E-state index contributed by atoms with van der Waals surface area (Å²) in [6.45, 7) is 5.30. The lowest BCUT2D eigenvalue weighted by atomic mass is 9.81. The Kier molecular flexibility index (Phi) is 6.70. The molecule has 1 atom stereocenters. The Hall–Kier alpha value is -1.84. The summed E-state index contributed by atoms with van der Waals surface area (Å²) in [6.07, 6.45) is 6.76. The van der Waals surface area contributed by atoms with Crippen molar-refractivity contribution in [1.29, 1.82) is 0 Å². The average molecular weight is 357 g/mol. The van der Waals surface area contributed by atoms with E-state index in [1.165, 1.54) is 5.56 Å². The Bertz CT molecular complexity index is 593. The molecular formula is C22H32N2O2. The van der Waals surface area contributed by atoms with Gasteiger partial charge in [-0.05, 0) is 43.6 Å². The highest BCUT2D eigenvalue weighted by Gasteiger charge is 2.35. The van der Waals surface area contributed by atoms with E-state index < -0.39 is 0 Å². The van der Waals surface area contributed by atoms with Gasteiger partial charge in [0.05, 0.1) is 0 Å². The first-order valence-corrected chi connectivity index (χ1v) is 10.3. The number of carbonyl (C=O) groups excluding carboxylic acids is 2. The Balaban J connectivity index is 1.57. The third kappa shape index (κ3) is 4.66. The van der Waals surface area contributed by atoms with Crippen LogP contribution in [0.3, 0.4) is 0 Å². The molecule has 0 radical (unpaired) electrons. The average Bonchev–Trinajstić information content (AvgIpc) is 2.88. The van der Waals surface area contributed by atoms with Crippen molar-refractivity contribution in [3.63, 3.8) is 0 Å². The van der Waals surface area contributed by atoms with Crippen LogP contribution in [0.25, 0.3) is 0 Å². The number of likely N-dealkylation sites (tertiary alicyclic amines) is 2. The minimum Gasteiger partial charge on any atom is -0.343 e. The van der Waals surface area contributed by atoms with Crippen molar-refractivity contribution in [2.45, 2.75) is 51.9 Å². The number of piperidine rings is 1. The molecule has 26 heavy (non-hydrogen) atoms. The summed E-state index contributed by atoms with van der Waals surface area (Å²) in [5, 5.41) is 0. The highest BCUT2D eigenvalue weighted by atomic mass is 16.2. The monoisotopic (exact) mass is 356 g/mol. The van der Waals surface area contributed by atoms with Crippen molar-refractivity contribution in [2.75, 3.05) is 26.2 Å². The van der Waals surface area contributed by atoms with Gasteiger partial charge in [-0.2, -0.15) is 0 Å². The summed E-state index contributed by atoms with van der Waals surface area (Å²) in [7, 11) is 0. The van der Waals surface area contributed by atoms with E-state index in [1.807, 2.05) is 17.9 Å². The predicted molar refractivity (Wildman–Crippen MR) is 104 cm³/mol. The number of carbonyl (C=O) groups is 2. The van der Waals surface area contributed by atoms with Gasteiger partial charge >= 0.3 is 0 Å². The Morgan fingerprint density at radius 1 is 1.04 bits per heavy atom. The van der Waals surface area contributed by atoms with Crippen molar-refractivity contribution in [3.8, 4) is 0 Å². The molecule has 2 heterocycles. The van der Waals surface area contributed by atoms with Crippen LogP contribution in [0.15, 0.2) is 30.3 Å². The van der Waals surface area contributed by atoms with Gasteiger partial charge in [0.15, 0.2) is 0 Å². The van der Waals surface area contributed by atoms with Crippen LogP contribution in [0, 0.1) is 11.8 Å². The molecule has 2 saturated heterocycles. The van der Waals surface area contributed by atoms with E-state index in [0.29, 0.717) is 18.2 Å². The Morgan fingerprint density at radius 3 is 2.46 bits per heavy atom. The second kappa shape index (κ2) is 9.20. The van der Waals surface area contributed by atoms with Crippen LogP contribution < -0.4 is 0 Å². The van der Waals surface area contributed by atoms with Crippen molar-refractivity contribution in [3.05, 3.63) is 35.9 Å². The quantitative estimate of drug-likeness (QED) is 0.810. The normalized spacial score (nSPS) is 22.3. The SMILES string of the molecule is CCC(=O)N1CCC([C@@H]2CCCCN(CCc3ccccc3)C2=O)CC1. The molecule has 2 aliphatic rings. The lowest BCUT2D eigenvalue weighted by molar-refractivity contribution is -0.138. The van der Waals surface area contributed by atoms with Crippen molar-refractivity contribution < 1.29 is 9.59 Å². The van der Waals surface area contributed by atoms with Crippen LogP contribution in [-0.2, 0) is 16.0 Å². The largest absolute Gasteiger partial charge is 0.343 e. The van der Waals surface area contributed by atoms with E-state index in [2.05, 4.69) is 29.2 Å². The Morgan fingerprint density at radius 2 is 1.77 bits per heavy atom. The summed E-state index contributed by atoms with van der Waals surface area (Å²) in [4.78, 5) is 29.2. The molecule has 0 saturated carbocycles. The van der Waals surface area contributed by atoms with Gasteiger partial charge in [-0.25, -0.2) is 0 Å². The molecule has 142 valence electrons. The maximum absolute atomic E-state index is 13.2. The minimum absolute atomic E-state index is 0.159. The molecule has 0 N–H and O–H groups in total. The van der Waals surface area contributed by atoms with E-state index in [0.717, 1.165) is 64.7 Å². The fourth-order valence-electron chi connectivity index (χ4n) is 4.48. The molecule has 2 fully saturated rings. The van der Waals surface area contributed by atoms with Crippen LogP contribution in [0.4, 0.5) is 0 Å². The van der Waals surface area contributed by atoms with Crippen LogP contribution >= 0.6 is 0 Å². The predicted octanol–water partition coefficient (Wildman–Crippen LogP) is 3.51. The van der Waals surface area contributed by atoms with Crippen molar-refractivity contribution in [2.24, 2.45) is 11.8 Å². The summed E-state index contributed by atoms with van der Waals surface area (Å²) in [5.74, 6) is 1.21. The smallest absolute Gasteiger partial charge is 0.225 e. The number of hydrogen-bond acceptors (Lipinski definition) is 2. The minimum atomic E-state index is 0.159. The topological polar surface area (TPSA) is 40.6 Å². The van der Waals surface area contributed by atoms with Gasteiger partial charge < -0.3 is 9.80 Å². The highest BCUT2D eigenvalue weighted by molar-refractivity contribution is 5.79. The molecule has 1 aromatic carbocycles. The van der Waals surface area contributed by atoms with Crippen molar-refractivity contribution >= 4 is 11.8 Å². The summed E-state index contributed by atoms with van der Waals surface area (Å²) >= 11 is 0. The number of nitrogens with zero attached hydrogens (tertiary/aromatic N) is 2. The second-order valence-corrected chi connectivity index (χ2v) is 7.73. The maximum atomic E-state index is 13.2. The molecule has 0 aromatic heterocycles. The molecule has 0 spiro atoms. The third-order valence-corrected chi connectivity index (χ3v) is 6.10. The molecule has 0 unspecified atom stereocenters. The molecule has 4 nitrogen and oxygen atoms in total. The van der Waals surface area contributed by atoms with Gasteiger partial charge in [0.25, 0.3) is 0 Å². The van der Waals surface area contributed by atoms with Gasteiger partial charge in [-0.15, -0.1) is 0 Å². The fourth-order valence-corrected chi connectivity index (χ4v) is 4.48. The second-order valence-electron chi connectivity index (χ2n) is 7.73. The van der Waals surface area contributed by atoms with E-state index in [1.54, 1.807) is 0 Å². The zero-order valence-corrected chi connectivity index (χ0v) is 16.0. The fraction of sp³-hybridized carbons (Fsp3) is 0.636. The lowest BCUT2D eigenvalue weighted by Gasteiger charge is -2.36. The molecule has 1 aromatic rings. The van der Waals surface area contributed by atoms with Crippen LogP contribution in [0.2, 0.25) is 0 Å². The lowest BCUT2D eigenvalue weighted by Crippen LogP contribution is -2.44. The number of benzene rings is 1. The number of rotatable bonds is 5. The molecule has 0 aliphatic carbocycles. The van der Waals surface area contributed by atoms with E-state index in [4.69, 9.17) is 0 Å². The molecule has 2 aliphatic heterocycles. The highest BCUT2D eigenvalue weighted by Crippen LogP contribution is 2.32. The van der Waals surface area contributed by atoms with Crippen LogP contribution in [-0.4, -0.2) is 47.8 Å². The molecular weight excluding hydrogens is 324 g/mol. The zero-order valence-electron chi connectivity index (χ0n) is 16.0. The Labute approximate surface area is 157 Å². The van der Waals surface area contributed by atoms with Gasteiger partial charge in [0, 0.05) is 38.5 Å². The zero-order chi connectivity index (χ0) is 18.4. The molecule has 0 bridgehead atoms. The van der Waals surface area contributed by atoms with Gasteiger partial charge in [-0.1, -0.05) is 43.7 Å². The number of amides is 2. The first kappa shape index (κ1) is 18.9. The number of hydrogen-bond donors (Lipinski definition) is 0. The van der Waals surface area contributed by atoms with E-state index in [-0.39, 0.29) is 11.8 Å². The molecule has 4 heteroatoms. The van der Waals surface area contributed by atoms with Crippen LogP contribution in [0.5, 0.6) is 0 Å². The summed E-state index contributed by atoms with van der Waals surface area (Å²) in [5.41, 5.74) is 1.30. The van der Waals surface area contributed by atoms with Gasteiger partial charge in [0.2, 0.25) is 11.8 Å². The van der Waals surface area contributed by atoms with Gasteiger partial charge in [-0.3, -0.25) is 9.59 Å². The first-order chi connectivity index (χ1) is 12.7. The molecule has 2 amide bonds. The summed E-state index contributed by atoms with van der Waals surface area (Å²) < 4.78 is 0. The van der Waals surface area contributed by atoms with Gasteiger partial charge in [0.1, 0.15) is 0 Å². The first-order valence-electron chi connectivity index (χ1n) is 10.3. The summed E-state index contributed by atoms with van der Waals surface area (Å²) in [6, 6.07) is 10.4. The van der Waals surface area contributed by atoms with Crippen molar-refractivity contribution in [1.82, 2.24) is 9.80 Å². The molecule has 3 rings (SSSR count). The van der Waals surface area contributed by atoms with Crippen LogP contribution in [0.1, 0.15) is 51.0 Å².